The zero-order valence-electron chi connectivity index (χ0n) is 12.7. The van der Waals surface area contributed by atoms with E-state index in [4.69, 9.17) is 20.8 Å². The lowest BCUT2D eigenvalue weighted by Gasteiger charge is -2.08. The molecular weight excluding hydrogens is 348 g/mol. The highest BCUT2D eigenvalue weighted by molar-refractivity contribution is 7.19. The summed E-state index contributed by atoms with van der Waals surface area (Å²) in [4.78, 5) is 16.7. The molecule has 122 valence electrons. The monoisotopic (exact) mass is 360 g/mol. The van der Waals surface area contributed by atoms with Gasteiger partial charge in [-0.05, 0) is 35.9 Å². The number of anilines is 1. The first-order valence-electron chi connectivity index (χ1n) is 6.98. The highest BCUT2D eigenvalue weighted by Gasteiger charge is 2.15. The molecule has 1 amide bonds. The number of methoxy groups -OCH3 is 1. The van der Waals surface area contributed by atoms with Gasteiger partial charge in [-0.3, -0.25) is 10.1 Å². The number of aromatic nitrogens is 1. The molecule has 0 unspecified atom stereocenters. The molecule has 7 heteroatoms. The molecule has 1 N–H and O–H groups in total. The normalized spacial score (nSPS) is 11.3. The number of ether oxygens (including phenoxy) is 1. The summed E-state index contributed by atoms with van der Waals surface area (Å²) in [6.45, 7) is 0. The van der Waals surface area contributed by atoms with Crippen molar-refractivity contribution in [1.82, 2.24) is 4.98 Å². The summed E-state index contributed by atoms with van der Waals surface area (Å²) < 4.78 is 11.0. The number of furan rings is 1. The van der Waals surface area contributed by atoms with Crippen LogP contribution in [0.25, 0.3) is 11.6 Å². The van der Waals surface area contributed by atoms with E-state index in [-0.39, 0.29) is 5.91 Å². The molecule has 2 heterocycles. The molecular formula is C17H13ClN2O3S. The number of amides is 1. The number of carbonyl (C=O) groups is 1. The van der Waals surface area contributed by atoms with Gasteiger partial charge in [0.25, 0.3) is 5.91 Å². The molecule has 0 spiro atoms. The number of halogens is 1. The van der Waals surface area contributed by atoms with Gasteiger partial charge in [0.05, 0.1) is 25.1 Å². The summed E-state index contributed by atoms with van der Waals surface area (Å²) in [7, 11) is 1.59. The average Bonchev–Trinajstić information content (AvgIpc) is 3.24. The lowest BCUT2D eigenvalue weighted by molar-refractivity contribution is -0.111. The van der Waals surface area contributed by atoms with Gasteiger partial charge >= 0.3 is 0 Å². The van der Waals surface area contributed by atoms with Crippen molar-refractivity contribution in [1.29, 1.82) is 0 Å². The minimum Gasteiger partial charge on any atom is -0.497 e. The smallest absolute Gasteiger partial charge is 0.258 e. The fourth-order valence-electron chi connectivity index (χ4n) is 2.04. The van der Waals surface area contributed by atoms with Crippen molar-refractivity contribution < 1.29 is 13.9 Å². The summed E-state index contributed by atoms with van der Waals surface area (Å²) in [5.74, 6) is 0.985. The van der Waals surface area contributed by atoms with Crippen molar-refractivity contribution in [2.24, 2.45) is 0 Å². The SMILES string of the molecule is COc1ccc(C(=Cc2ccco2)C(=O)Nc2ncc(Cl)s2)cc1. The van der Waals surface area contributed by atoms with E-state index in [2.05, 4.69) is 10.3 Å². The molecule has 0 radical (unpaired) electrons. The van der Waals surface area contributed by atoms with Gasteiger partial charge in [0.2, 0.25) is 0 Å². The van der Waals surface area contributed by atoms with E-state index in [1.54, 1.807) is 43.7 Å². The third-order valence-corrected chi connectivity index (χ3v) is 4.20. The second kappa shape index (κ2) is 7.33. The van der Waals surface area contributed by atoms with E-state index in [0.29, 0.717) is 26.6 Å². The van der Waals surface area contributed by atoms with Crippen LogP contribution >= 0.6 is 22.9 Å². The second-order valence-corrected chi connectivity index (χ2v) is 6.39. The fourth-order valence-corrected chi connectivity index (χ4v) is 2.85. The van der Waals surface area contributed by atoms with E-state index in [9.17, 15) is 4.79 Å². The van der Waals surface area contributed by atoms with Crippen LogP contribution in [-0.4, -0.2) is 18.0 Å². The van der Waals surface area contributed by atoms with Crippen LogP contribution in [0.4, 0.5) is 5.13 Å². The predicted octanol–water partition coefficient (Wildman–Crippen LogP) is 4.58. The molecule has 24 heavy (non-hydrogen) atoms. The molecule has 5 nitrogen and oxygen atoms in total. The maximum atomic E-state index is 12.7. The Kier molecular flexibility index (Phi) is 4.98. The van der Waals surface area contributed by atoms with E-state index in [1.165, 1.54) is 17.5 Å². The molecule has 3 rings (SSSR count). The van der Waals surface area contributed by atoms with Crippen LogP contribution in [0.2, 0.25) is 4.34 Å². The van der Waals surface area contributed by atoms with Gasteiger partial charge in [0.1, 0.15) is 15.8 Å². The summed E-state index contributed by atoms with van der Waals surface area (Å²) in [5.41, 5.74) is 1.17. The third-order valence-electron chi connectivity index (χ3n) is 3.17. The van der Waals surface area contributed by atoms with Crippen molar-refractivity contribution in [2.45, 2.75) is 0 Å². The van der Waals surface area contributed by atoms with Gasteiger partial charge in [0.15, 0.2) is 5.13 Å². The van der Waals surface area contributed by atoms with Gasteiger partial charge < -0.3 is 9.15 Å². The van der Waals surface area contributed by atoms with Crippen LogP contribution in [0.15, 0.2) is 53.3 Å². The van der Waals surface area contributed by atoms with E-state index in [1.807, 2.05) is 12.1 Å². The Morgan fingerprint density at radius 3 is 2.71 bits per heavy atom. The van der Waals surface area contributed by atoms with Gasteiger partial charge in [-0.25, -0.2) is 4.98 Å². The first kappa shape index (κ1) is 16.3. The Morgan fingerprint density at radius 1 is 1.33 bits per heavy atom. The van der Waals surface area contributed by atoms with Crippen molar-refractivity contribution in [2.75, 3.05) is 12.4 Å². The number of rotatable bonds is 5. The molecule has 0 saturated carbocycles. The molecule has 0 aliphatic carbocycles. The molecule has 0 saturated heterocycles. The topological polar surface area (TPSA) is 64.4 Å². The number of hydrogen-bond donors (Lipinski definition) is 1. The van der Waals surface area contributed by atoms with Gasteiger partial charge in [0, 0.05) is 0 Å². The standard InChI is InChI=1S/C17H13ClN2O3S/c1-22-12-6-4-11(5-7-12)14(9-13-3-2-8-23-13)16(21)20-17-19-10-15(18)24-17/h2-10H,1H3,(H,19,20,21). The molecule has 0 bridgehead atoms. The molecule has 0 fully saturated rings. The summed E-state index contributed by atoms with van der Waals surface area (Å²) >= 11 is 7.04. The molecule has 0 aliphatic heterocycles. The van der Waals surface area contributed by atoms with Crippen LogP contribution in [0, 0.1) is 0 Å². The number of thiazole rings is 1. The minimum atomic E-state index is -0.303. The largest absolute Gasteiger partial charge is 0.497 e. The number of nitrogens with zero attached hydrogens (tertiary/aromatic N) is 1. The van der Waals surface area contributed by atoms with E-state index < -0.39 is 0 Å². The van der Waals surface area contributed by atoms with Gasteiger partial charge in [-0.1, -0.05) is 35.1 Å². The van der Waals surface area contributed by atoms with Crippen molar-refractivity contribution in [3.05, 3.63) is 64.5 Å². The zero-order valence-corrected chi connectivity index (χ0v) is 14.2. The number of hydrogen-bond acceptors (Lipinski definition) is 5. The second-order valence-electron chi connectivity index (χ2n) is 4.73. The van der Waals surface area contributed by atoms with Crippen LogP contribution in [0.5, 0.6) is 5.75 Å². The highest BCUT2D eigenvalue weighted by Crippen LogP contribution is 2.26. The molecule has 0 aliphatic rings. The maximum Gasteiger partial charge on any atom is 0.258 e. The minimum absolute atomic E-state index is 0.303. The van der Waals surface area contributed by atoms with Crippen molar-refractivity contribution >= 4 is 45.6 Å². The van der Waals surface area contributed by atoms with Gasteiger partial charge in [-0.2, -0.15) is 0 Å². The Balaban J connectivity index is 1.93. The van der Waals surface area contributed by atoms with Crippen LogP contribution < -0.4 is 10.1 Å². The Bertz CT molecular complexity index is 854. The van der Waals surface area contributed by atoms with Crippen molar-refractivity contribution in [3.8, 4) is 5.75 Å². The van der Waals surface area contributed by atoms with E-state index in [0.717, 1.165) is 5.56 Å². The van der Waals surface area contributed by atoms with Crippen LogP contribution in [-0.2, 0) is 4.79 Å². The molecule has 0 atom stereocenters. The quantitative estimate of drug-likeness (QED) is 0.676. The highest BCUT2D eigenvalue weighted by atomic mass is 35.5. The van der Waals surface area contributed by atoms with Gasteiger partial charge in [-0.15, -0.1) is 0 Å². The molecule has 3 aromatic rings. The molecule has 2 aromatic heterocycles. The number of carbonyl (C=O) groups excluding carboxylic acids is 1. The first-order valence-corrected chi connectivity index (χ1v) is 8.17. The Hall–Kier alpha value is -2.57. The van der Waals surface area contributed by atoms with E-state index >= 15 is 0 Å². The first-order chi connectivity index (χ1) is 11.7. The fraction of sp³-hybridized carbons (Fsp3) is 0.0588. The van der Waals surface area contributed by atoms with Crippen LogP contribution in [0.1, 0.15) is 11.3 Å². The average molecular weight is 361 g/mol. The summed E-state index contributed by atoms with van der Waals surface area (Å²) in [6.07, 6.45) is 4.72. The Morgan fingerprint density at radius 2 is 2.12 bits per heavy atom. The summed E-state index contributed by atoms with van der Waals surface area (Å²) in [5, 5.41) is 3.18. The number of nitrogens with one attached hydrogen (secondary N) is 1. The van der Waals surface area contributed by atoms with Crippen LogP contribution in [0.3, 0.4) is 0 Å². The lowest BCUT2D eigenvalue weighted by atomic mass is 10.0. The Labute approximate surface area is 147 Å². The maximum absolute atomic E-state index is 12.7. The number of benzene rings is 1. The lowest BCUT2D eigenvalue weighted by Crippen LogP contribution is -2.13. The predicted molar refractivity (Wildman–Crippen MR) is 95.3 cm³/mol. The molecule has 1 aromatic carbocycles. The van der Waals surface area contributed by atoms with Crippen molar-refractivity contribution in [3.63, 3.8) is 0 Å². The zero-order chi connectivity index (χ0) is 16.9. The summed E-state index contributed by atoms with van der Waals surface area (Å²) in [6, 6.07) is 10.7. The third kappa shape index (κ3) is 3.84.